The zero-order valence-corrected chi connectivity index (χ0v) is 11.0. The minimum atomic E-state index is -0.764. The molecular formula is C11H17BrO3. The molecule has 0 amide bonds. The number of rotatable bonds is 3. The first-order valence-corrected chi connectivity index (χ1v) is 5.61. The number of aliphatic hydroxyl groups excluding tert-OH is 1. The summed E-state index contributed by atoms with van der Waals surface area (Å²) in [5, 5.41) is 10.1. The van der Waals surface area contributed by atoms with Crippen LogP contribution in [0.25, 0.3) is 0 Å². The zero-order chi connectivity index (χ0) is 11.6. The largest absolute Gasteiger partial charge is 0.465 e. The van der Waals surface area contributed by atoms with Crippen molar-refractivity contribution in [1.29, 1.82) is 0 Å². The lowest BCUT2D eigenvalue weighted by Crippen LogP contribution is -2.34. The van der Waals surface area contributed by atoms with Crippen molar-refractivity contribution in [3.05, 3.63) is 22.6 Å². The average Bonchev–Trinajstić information content (AvgIpc) is 2.49. The van der Waals surface area contributed by atoms with Gasteiger partial charge in [-0.05, 0) is 27.4 Å². The average molecular weight is 277 g/mol. The Kier molecular flexibility index (Phi) is 3.98. The lowest BCUT2D eigenvalue weighted by molar-refractivity contribution is -0.0800. The van der Waals surface area contributed by atoms with Crippen molar-refractivity contribution in [2.24, 2.45) is 5.41 Å². The summed E-state index contributed by atoms with van der Waals surface area (Å²) in [6, 6.07) is 1.76. The summed E-state index contributed by atoms with van der Waals surface area (Å²) in [6.07, 6.45) is 0.470. The van der Waals surface area contributed by atoms with E-state index in [1.165, 1.54) is 6.26 Å². The second kappa shape index (κ2) is 4.68. The summed E-state index contributed by atoms with van der Waals surface area (Å²) in [6.45, 7) is 6.05. The van der Waals surface area contributed by atoms with Crippen molar-refractivity contribution in [1.82, 2.24) is 0 Å². The van der Waals surface area contributed by atoms with Crippen LogP contribution in [0.5, 0.6) is 0 Å². The van der Waals surface area contributed by atoms with Gasteiger partial charge < -0.3 is 14.3 Å². The highest BCUT2D eigenvalue weighted by Crippen LogP contribution is 2.35. The summed E-state index contributed by atoms with van der Waals surface area (Å²) >= 11 is 3.32. The van der Waals surface area contributed by atoms with Gasteiger partial charge in [0.1, 0.15) is 11.9 Å². The van der Waals surface area contributed by atoms with Crippen LogP contribution in [0.4, 0.5) is 0 Å². The Bertz CT molecular complexity index is 314. The number of aliphatic hydroxyl groups is 1. The monoisotopic (exact) mass is 276 g/mol. The summed E-state index contributed by atoms with van der Waals surface area (Å²) in [4.78, 5) is 0. The third kappa shape index (κ3) is 2.83. The van der Waals surface area contributed by atoms with E-state index in [2.05, 4.69) is 15.9 Å². The number of methoxy groups -OCH3 is 1. The minimum absolute atomic E-state index is 0.152. The molecule has 1 aromatic heterocycles. The third-order valence-corrected chi connectivity index (χ3v) is 2.96. The maximum absolute atomic E-state index is 10.1. The van der Waals surface area contributed by atoms with Gasteiger partial charge in [-0.2, -0.15) is 0 Å². The molecule has 1 N–H and O–H groups in total. The van der Waals surface area contributed by atoms with E-state index in [0.717, 1.165) is 4.47 Å². The van der Waals surface area contributed by atoms with Crippen molar-refractivity contribution in [3.8, 4) is 0 Å². The second-order valence-corrected chi connectivity index (χ2v) is 5.45. The molecule has 2 unspecified atom stereocenters. The molecule has 0 saturated heterocycles. The van der Waals surface area contributed by atoms with Gasteiger partial charge in [-0.1, -0.05) is 20.8 Å². The van der Waals surface area contributed by atoms with Crippen LogP contribution in [-0.4, -0.2) is 18.3 Å². The topological polar surface area (TPSA) is 42.6 Å². The molecule has 86 valence electrons. The maximum atomic E-state index is 10.1. The van der Waals surface area contributed by atoms with Gasteiger partial charge in [0.25, 0.3) is 0 Å². The predicted molar refractivity (Wildman–Crippen MR) is 61.6 cm³/mol. The Labute approximate surface area is 98.6 Å². The Balaban J connectivity index is 2.92. The first-order valence-electron chi connectivity index (χ1n) is 4.81. The quantitative estimate of drug-likeness (QED) is 0.923. The SMILES string of the molecule is COC(C(O)c1occc1Br)C(C)(C)C. The molecule has 0 saturated carbocycles. The maximum Gasteiger partial charge on any atom is 0.149 e. The number of hydrogen-bond acceptors (Lipinski definition) is 3. The van der Waals surface area contributed by atoms with Crippen molar-refractivity contribution >= 4 is 15.9 Å². The highest BCUT2D eigenvalue weighted by molar-refractivity contribution is 9.10. The van der Waals surface area contributed by atoms with E-state index in [4.69, 9.17) is 9.15 Å². The second-order valence-electron chi connectivity index (χ2n) is 4.60. The van der Waals surface area contributed by atoms with E-state index < -0.39 is 6.10 Å². The molecule has 0 bridgehead atoms. The van der Waals surface area contributed by atoms with Crippen LogP contribution < -0.4 is 0 Å². The van der Waals surface area contributed by atoms with E-state index in [-0.39, 0.29) is 11.5 Å². The smallest absolute Gasteiger partial charge is 0.149 e. The summed E-state index contributed by atoms with van der Waals surface area (Å²) < 4.78 is 11.3. The van der Waals surface area contributed by atoms with Gasteiger partial charge in [0.05, 0.1) is 16.8 Å². The van der Waals surface area contributed by atoms with Crippen LogP contribution >= 0.6 is 15.9 Å². The van der Waals surface area contributed by atoms with E-state index in [1.807, 2.05) is 20.8 Å². The molecule has 2 atom stereocenters. The van der Waals surface area contributed by atoms with Crippen LogP contribution in [0.1, 0.15) is 32.6 Å². The standard InChI is InChI=1S/C11H17BrO3/c1-11(2,3)10(14-4)8(13)9-7(12)5-6-15-9/h5-6,8,10,13H,1-4H3. The fourth-order valence-corrected chi connectivity index (χ4v) is 2.05. The van der Waals surface area contributed by atoms with E-state index in [0.29, 0.717) is 5.76 Å². The minimum Gasteiger partial charge on any atom is -0.465 e. The van der Waals surface area contributed by atoms with Crippen LogP contribution in [-0.2, 0) is 4.74 Å². The highest BCUT2D eigenvalue weighted by Gasteiger charge is 2.34. The molecular weight excluding hydrogens is 260 g/mol. The van der Waals surface area contributed by atoms with Crippen molar-refractivity contribution in [2.75, 3.05) is 7.11 Å². The Morgan fingerprint density at radius 1 is 1.47 bits per heavy atom. The van der Waals surface area contributed by atoms with E-state index in [1.54, 1.807) is 13.2 Å². The highest BCUT2D eigenvalue weighted by atomic mass is 79.9. The Morgan fingerprint density at radius 3 is 2.40 bits per heavy atom. The van der Waals surface area contributed by atoms with Crippen molar-refractivity contribution < 1.29 is 14.3 Å². The predicted octanol–water partition coefficient (Wildman–Crippen LogP) is 3.14. The molecule has 0 spiro atoms. The summed E-state index contributed by atoms with van der Waals surface area (Å²) in [5.41, 5.74) is -0.152. The fraction of sp³-hybridized carbons (Fsp3) is 0.636. The van der Waals surface area contributed by atoms with Gasteiger partial charge >= 0.3 is 0 Å². The molecule has 0 radical (unpaired) electrons. The number of ether oxygens (including phenoxy) is 1. The molecule has 3 nitrogen and oxygen atoms in total. The molecule has 1 rings (SSSR count). The summed E-state index contributed by atoms with van der Waals surface area (Å²) in [7, 11) is 1.59. The first kappa shape index (κ1) is 12.7. The molecule has 0 aliphatic rings. The molecule has 0 aromatic carbocycles. The Morgan fingerprint density at radius 2 is 2.07 bits per heavy atom. The van der Waals surface area contributed by atoms with E-state index in [9.17, 15) is 5.11 Å². The van der Waals surface area contributed by atoms with Gasteiger partial charge in [-0.25, -0.2) is 0 Å². The van der Waals surface area contributed by atoms with Crippen LogP contribution in [0.2, 0.25) is 0 Å². The van der Waals surface area contributed by atoms with Crippen LogP contribution in [0, 0.1) is 5.41 Å². The molecule has 1 heterocycles. The van der Waals surface area contributed by atoms with Crippen LogP contribution in [0.15, 0.2) is 21.2 Å². The van der Waals surface area contributed by atoms with Gasteiger partial charge in [-0.3, -0.25) is 0 Å². The molecule has 1 aromatic rings. The van der Waals surface area contributed by atoms with E-state index >= 15 is 0 Å². The Hall–Kier alpha value is -0.320. The molecule has 0 fully saturated rings. The number of halogens is 1. The number of hydrogen-bond donors (Lipinski definition) is 1. The summed E-state index contributed by atoms with van der Waals surface area (Å²) in [5.74, 6) is 0.511. The molecule has 15 heavy (non-hydrogen) atoms. The molecule has 0 aliphatic carbocycles. The number of furan rings is 1. The van der Waals surface area contributed by atoms with Gasteiger partial charge in [0.15, 0.2) is 0 Å². The lowest BCUT2D eigenvalue weighted by atomic mass is 9.85. The van der Waals surface area contributed by atoms with Gasteiger partial charge in [0.2, 0.25) is 0 Å². The molecule has 0 aliphatic heterocycles. The van der Waals surface area contributed by atoms with Gasteiger partial charge in [0, 0.05) is 7.11 Å². The molecule has 4 heteroatoms. The van der Waals surface area contributed by atoms with Crippen molar-refractivity contribution in [3.63, 3.8) is 0 Å². The fourth-order valence-electron chi connectivity index (χ4n) is 1.61. The van der Waals surface area contributed by atoms with Crippen molar-refractivity contribution in [2.45, 2.75) is 33.0 Å². The van der Waals surface area contributed by atoms with Crippen LogP contribution in [0.3, 0.4) is 0 Å². The lowest BCUT2D eigenvalue weighted by Gasteiger charge is -2.32. The first-order chi connectivity index (χ1) is 6.88. The zero-order valence-electron chi connectivity index (χ0n) is 9.45. The normalized spacial score (nSPS) is 16.4. The third-order valence-electron chi connectivity index (χ3n) is 2.31. The van der Waals surface area contributed by atoms with Gasteiger partial charge in [-0.15, -0.1) is 0 Å².